The first-order chi connectivity index (χ1) is 5.70. The minimum absolute atomic E-state index is 0.0874. The van der Waals surface area contributed by atoms with Gasteiger partial charge in [-0.1, -0.05) is 13.8 Å². The van der Waals surface area contributed by atoms with Crippen molar-refractivity contribution < 1.29 is 9.53 Å². The highest BCUT2D eigenvalue weighted by Gasteiger charge is 2.63. The zero-order valence-electron chi connectivity index (χ0n) is 7.49. The summed E-state index contributed by atoms with van der Waals surface area (Å²) in [5.74, 6) is 2.88. The quantitative estimate of drug-likeness (QED) is 0.509. The normalized spacial score (nSPS) is 61.0. The molecule has 66 valence electrons. The van der Waals surface area contributed by atoms with Crippen LogP contribution < -0.4 is 0 Å². The van der Waals surface area contributed by atoms with Crippen LogP contribution in [0.1, 0.15) is 20.3 Å². The van der Waals surface area contributed by atoms with Gasteiger partial charge in [-0.15, -0.1) is 0 Å². The van der Waals surface area contributed by atoms with E-state index in [-0.39, 0.29) is 18.0 Å². The first-order valence-electron chi connectivity index (χ1n) is 4.90. The minimum atomic E-state index is 0.0874. The van der Waals surface area contributed by atoms with Crippen LogP contribution in [0.15, 0.2) is 0 Å². The average Bonchev–Trinajstić information content (AvgIpc) is 2.56. The SMILES string of the molecule is CC1C2OC(=O)C3C2CC1[C@H]3C. The lowest BCUT2D eigenvalue weighted by Gasteiger charge is -2.26. The molecule has 0 N–H and O–H groups in total. The van der Waals surface area contributed by atoms with E-state index in [4.69, 9.17) is 4.74 Å². The molecule has 2 nitrogen and oxygen atoms in total. The smallest absolute Gasteiger partial charge is 0.309 e. The highest BCUT2D eigenvalue weighted by molar-refractivity contribution is 5.77. The second-order valence-corrected chi connectivity index (χ2v) is 4.71. The molecule has 12 heavy (non-hydrogen) atoms. The number of esters is 1. The number of ether oxygens (including phenoxy) is 1. The molecule has 0 amide bonds. The highest BCUT2D eigenvalue weighted by Crippen LogP contribution is 2.59. The molecule has 2 bridgehead atoms. The summed E-state index contributed by atoms with van der Waals surface area (Å²) in [6.07, 6.45) is 1.52. The summed E-state index contributed by atoms with van der Waals surface area (Å²) in [5, 5.41) is 0. The molecular weight excluding hydrogens is 152 g/mol. The maximum Gasteiger partial charge on any atom is 0.309 e. The number of hydrogen-bond donors (Lipinski definition) is 0. The predicted molar refractivity (Wildman–Crippen MR) is 43.3 cm³/mol. The van der Waals surface area contributed by atoms with Gasteiger partial charge in [-0.2, -0.15) is 0 Å². The number of carbonyl (C=O) groups excluding carboxylic acids is 1. The van der Waals surface area contributed by atoms with E-state index in [9.17, 15) is 4.79 Å². The first kappa shape index (κ1) is 6.93. The Labute approximate surface area is 72.3 Å². The minimum Gasteiger partial charge on any atom is -0.462 e. The molecule has 0 aromatic heterocycles. The van der Waals surface area contributed by atoms with E-state index < -0.39 is 0 Å². The van der Waals surface area contributed by atoms with Crippen molar-refractivity contribution >= 4 is 5.97 Å². The lowest BCUT2D eigenvalue weighted by molar-refractivity contribution is -0.144. The van der Waals surface area contributed by atoms with Gasteiger partial charge in [0.1, 0.15) is 6.10 Å². The zero-order valence-corrected chi connectivity index (χ0v) is 7.49. The Balaban J connectivity index is 2.06. The molecule has 5 unspecified atom stereocenters. The highest BCUT2D eigenvalue weighted by atomic mass is 16.6. The van der Waals surface area contributed by atoms with Gasteiger partial charge < -0.3 is 4.74 Å². The van der Waals surface area contributed by atoms with Crippen LogP contribution in [0.25, 0.3) is 0 Å². The Hall–Kier alpha value is -0.530. The molecule has 3 fully saturated rings. The zero-order chi connectivity index (χ0) is 8.46. The van der Waals surface area contributed by atoms with Gasteiger partial charge in [0.05, 0.1) is 5.92 Å². The fourth-order valence-corrected chi connectivity index (χ4v) is 3.79. The monoisotopic (exact) mass is 166 g/mol. The van der Waals surface area contributed by atoms with Crippen molar-refractivity contribution in [2.24, 2.45) is 29.6 Å². The molecule has 1 heterocycles. The van der Waals surface area contributed by atoms with Crippen LogP contribution in [0.3, 0.4) is 0 Å². The van der Waals surface area contributed by atoms with E-state index in [0.717, 1.165) is 5.92 Å². The molecule has 0 radical (unpaired) electrons. The lowest BCUT2D eigenvalue weighted by atomic mass is 9.76. The summed E-state index contributed by atoms with van der Waals surface area (Å²) >= 11 is 0. The second kappa shape index (κ2) is 1.86. The number of fused-ring (bicyclic) bond motifs is 1. The van der Waals surface area contributed by atoms with Crippen LogP contribution in [-0.2, 0) is 9.53 Å². The predicted octanol–water partition coefficient (Wildman–Crippen LogP) is 1.45. The van der Waals surface area contributed by atoms with Gasteiger partial charge in [0.25, 0.3) is 0 Å². The van der Waals surface area contributed by atoms with Gasteiger partial charge in [-0.25, -0.2) is 0 Å². The largest absolute Gasteiger partial charge is 0.462 e. The van der Waals surface area contributed by atoms with Crippen molar-refractivity contribution in [1.29, 1.82) is 0 Å². The van der Waals surface area contributed by atoms with Crippen molar-refractivity contribution in [1.82, 2.24) is 0 Å². The maximum absolute atomic E-state index is 11.4. The van der Waals surface area contributed by atoms with Crippen LogP contribution in [0.5, 0.6) is 0 Å². The summed E-state index contributed by atoms with van der Waals surface area (Å²) in [5.41, 5.74) is 0. The van der Waals surface area contributed by atoms with E-state index in [1.54, 1.807) is 0 Å². The maximum atomic E-state index is 11.4. The lowest BCUT2D eigenvalue weighted by Crippen LogP contribution is -2.30. The van der Waals surface area contributed by atoms with Gasteiger partial charge in [0.15, 0.2) is 0 Å². The molecule has 2 aliphatic carbocycles. The molecule has 3 rings (SSSR count). The van der Waals surface area contributed by atoms with Crippen LogP contribution in [0.2, 0.25) is 0 Å². The van der Waals surface area contributed by atoms with Gasteiger partial charge in [-0.05, 0) is 24.2 Å². The van der Waals surface area contributed by atoms with Crippen molar-refractivity contribution in [2.45, 2.75) is 26.4 Å². The van der Waals surface area contributed by atoms with E-state index >= 15 is 0 Å². The van der Waals surface area contributed by atoms with Crippen LogP contribution in [0.4, 0.5) is 0 Å². The van der Waals surface area contributed by atoms with E-state index in [0.29, 0.717) is 17.8 Å². The Morgan fingerprint density at radius 2 is 2.00 bits per heavy atom. The van der Waals surface area contributed by atoms with Crippen molar-refractivity contribution in [3.8, 4) is 0 Å². The average molecular weight is 166 g/mol. The molecule has 2 heteroatoms. The van der Waals surface area contributed by atoms with E-state index in [2.05, 4.69) is 13.8 Å². The van der Waals surface area contributed by atoms with E-state index in [1.165, 1.54) is 6.42 Å². The molecule has 6 atom stereocenters. The topological polar surface area (TPSA) is 26.3 Å². The summed E-state index contributed by atoms with van der Waals surface area (Å²) in [4.78, 5) is 11.4. The van der Waals surface area contributed by atoms with Gasteiger partial charge >= 0.3 is 5.97 Å². The summed E-state index contributed by atoms with van der Waals surface area (Å²) < 4.78 is 5.38. The Bertz CT molecular complexity index is 248. The standard InChI is InChI=1S/C10H14O2/c1-4-6-3-7-8(4)10(11)12-9(7)5(6)2/h4-9H,3H2,1-2H3/t4-,5?,6?,7?,8?,9?/m1/s1. The van der Waals surface area contributed by atoms with Crippen LogP contribution >= 0.6 is 0 Å². The molecule has 0 aromatic carbocycles. The summed E-state index contributed by atoms with van der Waals surface area (Å²) in [6, 6.07) is 0. The van der Waals surface area contributed by atoms with Crippen molar-refractivity contribution in [3.05, 3.63) is 0 Å². The molecule has 2 saturated carbocycles. The Morgan fingerprint density at radius 3 is 2.67 bits per heavy atom. The van der Waals surface area contributed by atoms with Crippen molar-refractivity contribution in [2.75, 3.05) is 0 Å². The Kier molecular flexibility index (Phi) is 1.07. The summed E-state index contributed by atoms with van der Waals surface area (Å²) in [6.45, 7) is 4.45. The summed E-state index contributed by atoms with van der Waals surface area (Å²) in [7, 11) is 0. The Morgan fingerprint density at radius 1 is 1.25 bits per heavy atom. The molecular formula is C10H14O2. The number of carbonyl (C=O) groups is 1. The van der Waals surface area contributed by atoms with Crippen LogP contribution in [0, 0.1) is 29.6 Å². The molecule has 3 aliphatic rings. The van der Waals surface area contributed by atoms with Crippen molar-refractivity contribution in [3.63, 3.8) is 0 Å². The third-order valence-electron chi connectivity index (χ3n) is 4.39. The van der Waals surface area contributed by atoms with Gasteiger partial charge in [0, 0.05) is 5.92 Å². The third-order valence-corrected chi connectivity index (χ3v) is 4.39. The fraction of sp³-hybridized carbons (Fsp3) is 0.900. The van der Waals surface area contributed by atoms with Gasteiger partial charge in [0.2, 0.25) is 0 Å². The molecule has 1 aliphatic heterocycles. The first-order valence-corrected chi connectivity index (χ1v) is 4.90. The number of hydrogen-bond acceptors (Lipinski definition) is 2. The fourth-order valence-electron chi connectivity index (χ4n) is 3.79. The van der Waals surface area contributed by atoms with Crippen LogP contribution in [-0.4, -0.2) is 12.1 Å². The molecule has 1 saturated heterocycles. The van der Waals surface area contributed by atoms with E-state index in [1.807, 2.05) is 0 Å². The van der Waals surface area contributed by atoms with Gasteiger partial charge in [-0.3, -0.25) is 4.79 Å². The number of rotatable bonds is 0. The second-order valence-electron chi connectivity index (χ2n) is 4.71. The molecule has 0 spiro atoms. The molecule has 0 aromatic rings. The third kappa shape index (κ3) is 0.540.